The highest BCUT2D eigenvalue weighted by atomic mass is 19.1. The molecule has 0 aliphatic carbocycles. The van der Waals surface area contributed by atoms with Crippen molar-refractivity contribution in [2.45, 2.75) is 30.9 Å². The van der Waals surface area contributed by atoms with Crippen LogP contribution in [0.2, 0.25) is 0 Å². The molecule has 0 bridgehead atoms. The second-order valence-corrected chi connectivity index (χ2v) is 10.3. The van der Waals surface area contributed by atoms with E-state index in [1.54, 1.807) is 60.7 Å². The van der Waals surface area contributed by atoms with Crippen LogP contribution in [0.1, 0.15) is 34.8 Å². The van der Waals surface area contributed by atoms with Gasteiger partial charge in [0, 0.05) is 42.2 Å². The number of nitrogens with one attached hydrogen (secondary N) is 1. The molecule has 5 rings (SSSR count). The maximum Gasteiger partial charge on any atom is 0.252 e. The van der Waals surface area contributed by atoms with Crippen molar-refractivity contribution in [1.29, 1.82) is 0 Å². The molecule has 0 fully saturated rings. The average molecular weight is 594 g/mol. The Morgan fingerprint density at radius 2 is 1.70 bits per heavy atom. The van der Waals surface area contributed by atoms with E-state index in [1.807, 2.05) is 36.4 Å². The molecule has 44 heavy (non-hydrogen) atoms. The summed E-state index contributed by atoms with van der Waals surface area (Å²) in [6, 6.07) is 30.0. The van der Waals surface area contributed by atoms with Gasteiger partial charge in [-0.3, -0.25) is 4.79 Å². The molecule has 0 saturated heterocycles. The smallest absolute Gasteiger partial charge is 0.252 e. The lowest BCUT2D eigenvalue weighted by Gasteiger charge is -2.31. The Labute approximate surface area is 254 Å². The molecule has 224 valence electrons. The Morgan fingerprint density at radius 1 is 1.00 bits per heavy atom. The Kier molecular flexibility index (Phi) is 9.86. The zero-order chi connectivity index (χ0) is 30.8. The van der Waals surface area contributed by atoms with Crippen LogP contribution in [0.5, 0.6) is 5.75 Å². The maximum absolute atomic E-state index is 14.3. The molecule has 1 aliphatic heterocycles. The molecule has 0 saturated carbocycles. The van der Waals surface area contributed by atoms with E-state index in [0.717, 1.165) is 5.56 Å². The number of azide groups is 1. The highest BCUT2D eigenvalue weighted by molar-refractivity contribution is 6.01. The minimum absolute atomic E-state index is 0.0385. The SMILES string of the molecule is [N-]=[N+]=Nc1ccccc1C[C@@]1(C(=O)NCCc2ccccc2F)N=C(c2ccc(OCCCO)cc2)O[C@@H]1c1ccccc1. The molecule has 0 radical (unpaired) electrons. The van der Waals surface area contributed by atoms with Crippen molar-refractivity contribution in [3.05, 3.63) is 142 Å². The summed E-state index contributed by atoms with van der Waals surface area (Å²) in [5, 5.41) is 15.9. The number of benzene rings is 4. The summed E-state index contributed by atoms with van der Waals surface area (Å²) in [4.78, 5) is 22.3. The zero-order valence-electron chi connectivity index (χ0n) is 24.0. The maximum atomic E-state index is 14.3. The minimum atomic E-state index is -1.50. The predicted octanol–water partition coefficient (Wildman–Crippen LogP) is 6.39. The third kappa shape index (κ3) is 6.89. The molecule has 1 heterocycles. The number of aliphatic hydroxyl groups excluding tert-OH is 1. The van der Waals surface area contributed by atoms with Gasteiger partial charge in [-0.2, -0.15) is 0 Å². The molecule has 2 atom stereocenters. The van der Waals surface area contributed by atoms with E-state index in [0.29, 0.717) is 41.2 Å². The van der Waals surface area contributed by atoms with Gasteiger partial charge in [0.1, 0.15) is 11.6 Å². The van der Waals surface area contributed by atoms with Gasteiger partial charge in [-0.1, -0.05) is 77.9 Å². The van der Waals surface area contributed by atoms with Gasteiger partial charge in [0.2, 0.25) is 5.90 Å². The predicted molar refractivity (Wildman–Crippen MR) is 165 cm³/mol. The topological polar surface area (TPSA) is 129 Å². The standard InChI is InChI=1S/C34H32FN5O4/c35-29-13-6-4-9-24(29)19-20-37-33(42)34(23-27-12-5-7-14-30(27)39-40-36)31(25-10-2-1-3-11-25)44-32(38-34)26-15-17-28(18-16-26)43-22-8-21-41/h1-7,9-18,31,41H,8,19-23H2,(H,37,42)/t31-,34-/m1/s1. The first-order chi connectivity index (χ1) is 21.5. The second kappa shape index (κ2) is 14.3. The van der Waals surface area contributed by atoms with Crippen LogP contribution in [-0.4, -0.2) is 42.2 Å². The molecule has 0 aromatic heterocycles. The fourth-order valence-electron chi connectivity index (χ4n) is 5.17. The van der Waals surface area contributed by atoms with Crippen molar-refractivity contribution in [3.63, 3.8) is 0 Å². The summed E-state index contributed by atoms with van der Waals surface area (Å²) in [5.74, 6) is 0.153. The lowest BCUT2D eigenvalue weighted by molar-refractivity contribution is -0.128. The molecule has 1 amide bonds. The van der Waals surface area contributed by atoms with E-state index in [-0.39, 0.29) is 37.7 Å². The molecule has 4 aromatic rings. The highest BCUT2D eigenvalue weighted by Gasteiger charge is 2.53. The lowest BCUT2D eigenvalue weighted by atomic mass is 9.81. The van der Waals surface area contributed by atoms with E-state index in [4.69, 9.17) is 19.6 Å². The third-order valence-electron chi connectivity index (χ3n) is 7.37. The summed E-state index contributed by atoms with van der Waals surface area (Å²) in [7, 11) is 0. The fraction of sp³-hybridized carbons (Fsp3) is 0.235. The first kappa shape index (κ1) is 30.3. The van der Waals surface area contributed by atoms with Gasteiger partial charge in [-0.05, 0) is 59.0 Å². The number of carbonyl (C=O) groups excluding carboxylic acids is 1. The van der Waals surface area contributed by atoms with Crippen molar-refractivity contribution in [1.82, 2.24) is 5.32 Å². The van der Waals surface area contributed by atoms with Gasteiger partial charge in [-0.15, -0.1) is 0 Å². The van der Waals surface area contributed by atoms with Gasteiger partial charge in [0.25, 0.3) is 5.91 Å². The summed E-state index contributed by atoms with van der Waals surface area (Å²) in [6.45, 7) is 0.590. The molecule has 10 heteroatoms. The molecule has 9 nitrogen and oxygen atoms in total. The molecule has 1 aliphatic rings. The monoisotopic (exact) mass is 593 g/mol. The van der Waals surface area contributed by atoms with Crippen LogP contribution in [0.25, 0.3) is 10.4 Å². The first-order valence-electron chi connectivity index (χ1n) is 14.3. The summed E-state index contributed by atoms with van der Waals surface area (Å²) in [5.41, 5.74) is 10.6. The number of hydrogen-bond acceptors (Lipinski definition) is 6. The number of aliphatic imine (C=N–C) groups is 1. The molecular formula is C34H32FN5O4. The summed E-state index contributed by atoms with van der Waals surface area (Å²) in [6.07, 6.45) is 0.0443. The lowest BCUT2D eigenvalue weighted by Crippen LogP contribution is -2.50. The quantitative estimate of drug-likeness (QED) is 0.0806. The number of aliphatic hydroxyl groups is 1. The third-order valence-corrected chi connectivity index (χ3v) is 7.37. The number of amides is 1. The highest BCUT2D eigenvalue weighted by Crippen LogP contribution is 2.43. The van der Waals surface area contributed by atoms with Crippen molar-refractivity contribution >= 4 is 17.5 Å². The van der Waals surface area contributed by atoms with Crippen LogP contribution < -0.4 is 10.1 Å². The fourth-order valence-corrected chi connectivity index (χ4v) is 5.17. The van der Waals surface area contributed by atoms with E-state index in [2.05, 4.69) is 15.3 Å². The Bertz CT molecular complexity index is 1660. The normalized spacial score (nSPS) is 17.2. The van der Waals surface area contributed by atoms with Crippen LogP contribution in [0.4, 0.5) is 10.1 Å². The van der Waals surface area contributed by atoms with Crippen molar-refractivity contribution in [2.24, 2.45) is 10.1 Å². The second-order valence-electron chi connectivity index (χ2n) is 10.3. The average Bonchev–Trinajstić information content (AvgIpc) is 3.44. The molecule has 4 aromatic carbocycles. The van der Waals surface area contributed by atoms with Crippen molar-refractivity contribution in [3.8, 4) is 5.75 Å². The van der Waals surface area contributed by atoms with Gasteiger partial charge >= 0.3 is 0 Å². The van der Waals surface area contributed by atoms with Crippen LogP contribution in [-0.2, 0) is 22.4 Å². The zero-order valence-corrected chi connectivity index (χ0v) is 24.0. The van der Waals surface area contributed by atoms with Gasteiger partial charge < -0.3 is 19.9 Å². The summed E-state index contributed by atoms with van der Waals surface area (Å²) >= 11 is 0. The van der Waals surface area contributed by atoms with Crippen LogP contribution >= 0.6 is 0 Å². The first-order valence-corrected chi connectivity index (χ1v) is 14.3. The van der Waals surface area contributed by atoms with E-state index >= 15 is 0 Å². The Hall–Kier alpha value is -5.18. The molecule has 0 spiro atoms. The van der Waals surface area contributed by atoms with Crippen molar-refractivity contribution < 1.29 is 23.8 Å². The largest absolute Gasteiger partial charge is 0.494 e. The van der Waals surface area contributed by atoms with Crippen LogP contribution in [0, 0.1) is 5.82 Å². The number of rotatable bonds is 13. The molecule has 0 unspecified atom stereocenters. The Morgan fingerprint density at radius 3 is 2.43 bits per heavy atom. The van der Waals surface area contributed by atoms with E-state index in [9.17, 15) is 14.7 Å². The van der Waals surface area contributed by atoms with E-state index in [1.165, 1.54) is 6.07 Å². The molecular weight excluding hydrogens is 561 g/mol. The number of carbonyl (C=O) groups is 1. The minimum Gasteiger partial charge on any atom is -0.494 e. The van der Waals surface area contributed by atoms with Gasteiger partial charge in [0.15, 0.2) is 11.6 Å². The number of hydrogen-bond donors (Lipinski definition) is 2. The van der Waals surface area contributed by atoms with E-state index < -0.39 is 17.6 Å². The van der Waals surface area contributed by atoms with Crippen LogP contribution in [0.15, 0.2) is 113 Å². The number of halogens is 1. The number of ether oxygens (including phenoxy) is 2. The Balaban J connectivity index is 1.54. The molecule has 2 N–H and O–H groups in total. The van der Waals surface area contributed by atoms with Gasteiger partial charge in [0.05, 0.1) is 6.61 Å². The van der Waals surface area contributed by atoms with Crippen LogP contribution in [0.3, 0.4) is 0 Å². The number of nitrogens with zero attached hydrogens (tertiary/aromatic N) is 4. The van der Waals surface area contributed by atoms with Gasteiger partial charge in [-0.25, -0.2) is 9.38 Å². The summed E-state index contributed by atoms with van der Waals surface area (Å²) < 4.78 is 26.5. The van der Waals surface area contributed by atoms with Crippen molar-refractivity contribution in [2.75, 3.05) is 19.8 Å².